The predicted molar refractivity (Wildman–Crippen MR) is 82.2 cm³/mol. The molecular formula is C15H14BrNO4. The lowest BCUT2D eigenvalue weighted by Gasteiger charge is -2.09. The van der Waals surface area contributed by atoms with Crippen LogP contribution in [0, 0.1) is 10.1 Å². The lowest BCUT2D eigenvalue weighted by Crippen LogP contribution is -2.01. The molecule has 21 heavy (non-hydrogen) atoms. The lowest BCUT2D eigenvalue weighted by molar-refractivity contribution is -0.385. The van der Waals surface area contributed by atoms with Crippen molar-refractivity contribution in [1.82, 2.24) is 0 Å². The molecule has 0 bridgehead atoms. The highest BCUT2D eigenvalue weighted by atomic mass is 79.9. The Balaban J connectivity index is 2.11. The van der Waals surface area contributed by atoms with Crippen LogP contribution < -0.4 is 4.74 Å². The van der Waals surface area contributed by atoms with E-state index in [2.05, 4.69) is 15.9 Å². The van der Waals surface area contributed by atoms with Gasteiger partial charge in [-0.15, -0.1) is 0 Å². The molecule has 0 fully saturated rings. The van der Waals surface area contributed by atoms with Crippen LogP contribution in [0.5, 0.6) is 5.75 Å². The van der Waals surface area contributed by atoms with Crippen LogP contribution in [-0.2, 0) is 6.61 Å². The second-order valence-corrected chi connectivity index (χ2v) is 5.48. The number of hydrogen-bond donors (Lipinski definition) is 1. The van der Waals surface area contributed by atoms with E-state index >= 15 is 0 Å². The molecule has 0 saturated heterocycles. The van der Waals surface area contributed by atoms with E-state index in [4.69, 9.17) is 4.74 Å². The normalized spacial score (nSPS) is 12.0. The van der Waals surface area contributed by atoms with Crippen LogP contribution in [0.3, 0.4) is 0 Å². The van der Waals surface area contributed by atoms with Crippen LogP contribution in [-0.4, -0.2) is 10.0 Å². The van der Waals surface area contributed by atoms with Gasteiger partial charge in [0.15, 0.2) is 0 Å². The molecule has 0 aromatic heterocycles. The minimum Gasteiger partial charge on any atom is -0.489 e. The summed E-state index contributed by atoms with van der Waals surface area (Å²) in [5.41, 5.74) is 1.31. The zero-order valence-corrected chi connectivity index (χ0v) is 12.9. The van der Waals surface area contributed by atoms with Crippen molar-refractivity contribution in [3.8, 4) is 5.75 Å². The summed E-state index contributed by atoms with van der Waals surface area (Å²) < 4.78 is 6.21. The molecule has 1 unspecified atom stereocenters. The largest absolute Gasteiger partial charge is 0.489 e. The van der Waals surface area contributed by atoms with Crippen LogP contribution >= 0.6 is 15.9 Å². The maximum Gasteiger partial charge on any atom is 0.277 e. The smallest absolute Gasteiger partial charge is 0.277 e. The van der Waals surface area contributed by atoms with Crippen molar-refractivity contribution in [2.24, 2.45) is 0 Å². The van der Waals surface area contributed by atoms with Crippen molar-refractivity contribution in [3.63, 3.8) is 0 Å². The number of rotatable bonds is 5. The average Bonchev–Trinajstić information content (AvgIpc) is 2.46. The van der Waals surface area contributed by atoms with E-state index in [1.165, 1.54) is 6.07 Å². The summed E-state index contributed by atoms with van der Waals surface area (Å²) >= 11 is 3.21. The van der Waals surface area contributed by atoms with Crippen LogP contribution in [0.4, 0.5) is 5.69 Å². The fourth-order valence-corrected chi connectivity index (χ4v) is 2.18. The maximum atomic E-state index is 11.0. The van der Waals surface area contributed by atoms with Gasteiger partial charge in [-0.3, -0.25) is 10.1 Å². The van der Waals surface area contributed by atoms with E-state index in [-0.39, 0.29) is 12.3 Å². The number of ether oxygens (including phenoxy) is 1. The number of nitro benzene ring substituents is 1. The molecular weight excluding hydrogens is 338 g/mol. The highest BCUT2D eigenvalue weighted by Crippen LogP contribution is 2.25. The Morgan fingerprint density at radius 1 is 1.29 bits per heavy atom. The van der Waals surface area contributed by atoms with Gasteiger partial charge in [0.2, 0.25) is 0 Å². The number of nitro groups is 1. The number of hydrogen-bond acceptors (Lipinski definition) is 4. The first-order valence-electron chi connectivity index (χ1n) is 6.31. The second-order valence-electron chi connectivity index (χ2n) is 4.56. The molecule has 1 N–H and O–H groups in total. The SMILES string of the molecule is CC(O)c1ccc(OCc2ccc(Br)cc2[N+](=O)[O-])cc1. The van der Waals surface area contributed by atoms with Crippen molar-refractivity contribution in [2.75, 3.05) is 0 Å². The molecule has 0 aliphatic carbocycles. The fraction of sp³-hybridized carbons (Fsp3) is 0.200. The van der Waals surface area contributed by atoms with Crippen molar-refractivity contribution < 1.29 is 14.8 Å². The lowest BCUT2D eigenvalue weighted by atomic mass is 10.1. The second kappa shape index (κ2) is 6.69. The Morgan fingerprint density at radius 2 is 1.95 bits per heavy atom. The predicted octanol–water partition coefficient (Wildman–Crippen LogP) is 3.99. The van der Waals surface area contributed by atoms with Gasteiger partial charge in [-0.05, 0) is 36.8 Å². The minimum atomic E-state index is -0.536. The van der Waals surface area contributed by atoms with Crippen molar-refractivity contribution in [3.05, 3.63) is 68.2 Å². The number of aliphatic hydroxyl groups is 1. The van der Waals surface area contributed by atoms with Crippen molar-refractivity contribution in [2.45, 2.75) is 19.6 Å². The summed E-state index contributed by atoms with van der Waals surface area (Å²) in [6.45, 7) is 1.79. The monoisotopic (exact) mass is 351 g/mol. The molecule has 2 aromatic carbocycles. The molecule has 0 spiro atoms. The molecule has 5 nitrogen and oxygen atoms in total. The standard InChI is InChI=1S/C15H14BrNO4/c1-10(18)11-3-6-14(7-4-11)21-9-12-2-5-13(16)8-15(12)17(19)20/h2-8,10,18H,9H2,1H3. The van der Waals surface area contributed by atoms with Crippen molar-refractivity contribution in [1.29, 1.82) is 0 Å². The molecule has 1 atom stereocenters. The minimum absolute atomic E-state index is 0.0185. The highest BCUT2D eigenvalue weighted by Gasteiger charge is 2.14. The molecule has 0 amide bonds. The van der Waals surface area contributed by atoms with Gasteiger partial charge in [0.1, 0.15) is 12.4 Å². The average molecular weight is 352 g/mol. The van der Waals surface area contributed by atoms with Gasteiger partial charge in [-0.1, -0.05) is 28.1 Å². The zero-order chi connectivity index (χ0) is 15.4. The summed E-state index contributed by atoms with van der Waals surface area (Å²) in [7, 11) is 0. The summed E-state index contributed by atoms with van der Waals surface area (Å²) in [5.74, 6) is 0.594. The number of halogens is 1. The van der Waals surface area contributed by atoms with E-state index in [9.17, 15) is 15.2 Å². The highest BCUT2D eigenvalue weighted by molar-refractivity contribution is 9.10. The van der Waals surface area contributed by atoms with E-state index < -0.39 is 11.0 Å². The molecule has 0 aliphatic heterocycles. The summed E-state index contributed by atoms with van der Waals surface area (Å²) in [5, 5.41) is 20.4. The number of nitrogens with zero attached hydrogens (tertiary/aromatic N) is 1. The Labute approximate surface area is 130 Å². The number of benzene rings is 2. The van der Waals surface area contributed by atoms with Crippen LogP contribution in [0.15, 0.2) is 46.9 Å². The van der Waals surface area contributed by atoms with E-state index in [0.29, 0.717) is 15.8 Å². The Hall–Kier alpha value is -1.92. The van der Waals surface area contributed by atoms with Crippen LogP contribution in [0.1, 0.15) is 24.2 Å². The quantitative estimate of drug-likeness (QED) is 0.652. The molecule has 2 rings (SSSR count). The van der Waals surface area contributed by atoms with E-state index in [1.54, 1.807) is 43.3 Å². The van der Waals surface area contributed by atoms with E-state index in [0.717, 1.165) is 5.56 Å². The molecule has 110 valence electrons. The molecule has 0 radical (unpaired) electrons. The summed E-state index contributed by atoms with van der Waals surface area (Å²) in [6, 6.07) is 11.8. The van der Waals surface area contributed by atoms with Gasteiger partial charge in [0, 0.05) is 10.5 Å². The Kier molecular flexibility index (Phi) is 4.93. The molecule has 0 heterocycles. The molecule has 0 aliphatic rings. The third kappa shape index (κ3) is 4.03. The maximum absolute atomic E-state index is 11.0. The van der Waals surface area contributed by atoms with Gasteiger partial charge in [0.05, 0.1) is 16.6 Å². The van der Waals surface area contributed by atoms with Gasteiger partial charge in [0.25, 0.3) is 5.69 Å². The van der Waals surface area contributed by atoms with Gasteiger partial charge >= 0.3 is 0 Å². The first-order valence-corrected chi connectivity index (χ1v) is 7.10. The molecule has 0 saturated carbocycles. The molecule has 6 heteroatoms. The summed E-state index contributed by atoms with van der Waals surface area (Å²) in [4.78, 5) is 10.6. The van der Waals surface area contributed by atoms with Gasteiger partial charge in [-0.2, -0.15) is 0 Å². The third-order valence-electron chi connectivity index (χ3n) is 3.00. The Morgan fingerprint density at radius 3 is 2.52 bits per heavy atom. The number of aliphatic hydroxyl groups excluding tert-OH is 1. The zero-order valence-electron chi connectivity index (χ0n) is 11.3. The van der Waals surface area contributed by atoms with Crippen LogP contribution in [0.2, 0.25) is 0 Å². The van der Waals surface area contributed by atoms with Crippen molar-refractivity contribution >= 4 is 21.6 Å². The van der Waals surface area contributed by atoms with Gasteiger partial charge < -0.3 is 9.84 Å². The fourth-order valence-electron chi connectivity index (χ4n) is 1.83. The molecule has 2 aromatic rings. The first-order chi connectivity index (χ1) is 9.97. The van der Waals surface area contributed by atoms with Gasteiger partial charge in [-0.25, -0.2) is 0 Å². The van der Waals surface area contributed by atoms with Crippen LogP contribution in [0.25, 0.3) is 0 Å². The summed E-state index contributed by atoms with van der Waals surface area (Å²) in [6.07, 6.45) is -0.536. The van der Waals surface area contributed by atoms with E-state index in [1.807, 2.05) is 0 Å². The first kappa shape index (κ1) is 15.5. The Bertz CT molecular complexity index is 641. The third-order valence-corrected chi connectivity index (χ3v) is 3.49. The topological polar surface area (TPSA) is 72.6 Å².